The first-order valence-corrected chi connectivity index (χ1v) is 10.8. The molecule has 2 aliphatic heterocycles. The van der Waals surface area contributed by atoms with E-state index < -0.39 is 17.7 Å². The van der Waals surface area contributed by atoms with Crippen LogP contribution >= 0.6 is 0 Å². The minimum atomic E-state index is -0.778. The van der Waals surface area contributed by atoms with Gasteiger partial charge in [-0.05, 0) is 37.6 Å². The number of carbonyl (C=O) groups excluding carboxylic acids is 2. The molecule has 170 valence electrons. The van der Waals surface area contributed by atoms with Crippen LogP contribution in [0.25, 0.3) is 5.76 Å². The zero-order valence-corrected chi connectivity index (χ0v) is 18.4. The van der Waals surface area contributed by atoms with Crippen molar-refractivity contribution in [2.45, 2.75) is 19.4 Å². The summed E-state index contributed by atoms with van der Waals surface area (Å²) in [5.74, 6) is 0.0835. The Labute approximate surface area is 187 Å². The third-order valence-electron chi connectivity index (χ3n) is 5.89. The Morgan fingerprint density at radius 1 is 1.16 bits per heavy atom. The first-order valence-electron chi connectivity index (χ1n) is 10.8. The van der Waals surface area contributed by atoms with Gasteiger partial charge in [-0.1, -0.05) is 12.1 Å². The van der Waals surface area contributed by atoms with Gasteiger partial charge in [0.05, 0.1) is 25.9 Å². The first kappa shape index (κ1) is 22.1. The zero-order valence-electron chi connectivity index (χ0n) is 18.4. The van der Waals surface area contributed by atoms with Crippen LogP contribution in [0.4, 0.5) is 0 Å². The lowest BCUT2D eigenvalue weighted by atomic mass is 9.99. The molecule has 2 aromatic rings. The molecule has 0 saturated carbocycles. The van der Waals surface area contributed by atoms with Gasteiger partial charge in [0.15, 0.2) is 0 Å². The van der Waals surface area contributed by atoms with Crippen LogP contribution in [0.2, 0.25) is 0 Å². The van der Waals surface area contributed by atoms with E-state index in [2.05, 4.69) is 4.90 Å². The molecule has 4 rings (SSSR count). The normalized spacial score (nSPS) is 21.3. The van der Waals surface area contributed by atoms with Crippen LogP contribution in [0, 0.1) is 6.92 Å². The fraction of sp³-hybridized carbons (Fsp3) is 0.417. The lowest BCUT2D eigenvalue weighted by Crippen LogP contribution is -2.38. The average Bonchev–Trinajstić information content (AvgIpc) is 3.35. The second-order valence-electron chi connectivity index (χ2n) is 7.98. The van der Waals surface area contributed by atoms with E-state index >= 15 is 0 Å². The first-order chi connectivity index (χ1) is 15.5. The minimum absolute atomic E-state index is 0.0315. The molecule has 3 heterocycles. The molecule has 2 aliphatic rings. The molecule has 0 spiro atoms. The number of Topliss-reactive ketones (excluding diaryl/α,β-unsaturated/α-hetero) is 1. The van der Waals surface area contributed by atoms with Gasteiger partial charge in [0, 0.05) is 31.7 Å². The van der Waals surface area contributed by atoms with E-state index in [1.165, 1.54) is 12.0 Å². The number of aryl methyl sites for hydroxylation is 1. The predicted octanol–water partition coefficient (Wildman–Crippen LogP) is 2.74. The number of carbonyl (C=O) groups is 2. The van der Waals surface area contributed by atoms with E-state index in [1.54, 1.807) is 43.3 Å². The molecule has 1 aromatic heterocycles. The smallest absolute Gasteiger partial charge is 0.295 e. The number of likely N-dealkylation sites (tertiary alicyclic amines) is 1. The molecule has 32 heavy (non-hydrogen) atoms. The Morgan fingerprint density at radius 2 is 1.94 bits per heavy atom. The lowest BCUT2D eigenvalue weighted by Gasteiger charge is -2.28. The van der Waals surface area contributed by atoms with Gasteiger partial charge in [-0.15, -0.1) is 0 Å². The van der Waals surface area contributed by atoms with Crippen molar-refractivity contribution >= 4 is 17.4 Å². The summed E-state index contributed by atoms with van der Waals surface area (Å²) in [7, 11) is 1.53. The van der Waals surface area contributed by atoms with Gasteiger partial charge in [-0.2, -0.15) is 0 Å². The van der Waals surface area contributed by atoms with Crippen molar-refractivity contribution in [2.24, 2.45) is 0 Å². The van der Waals surface area contributed by atoms with E-state index in [1.807, 2.05) is 0 Å². The Morgan fingerprint density at radius 3 is 2.62 bits per heavy atom. The molecule has 1 amide bonds. The highest BCUT2D eigenvalue weighted by molar-refractivity contribution is 6.46. The molecule has 1 atom stereocenters. The summed E-state index contributed by atoms with van der Waals surface area (Å²) < 4.78 is 16.4. The summed E-state index contributed by atoms with van der Waals surface area (Å²) in [5.41, 5.74) is 0.438. The maximum Gasteiger partial charge on any atom is 0.295 e. The molecule has 0 bridgehead atoms. The molecule has 1 unspecified atom stereocenters. The van der Waals surface area contributed by atoms with Crippen molar-refractivity contribution in [1.82, 2.24) is 9.80 Å². The van der Waals surface area contributed by atoms with E-state index in [0.717, 1.165) is 19.6 Å². The summed E-state index contributed by atoms with van der Waals surface area (Å²) in [6, 6.07) is 9.53. The van der Waals surface area contributed by atoms with Crippen molar-refractivity contribution < 1.29 is 28.6 Å². The summed E-state index contributed by atoms with van der Waals surface area (Å²) in [6.07, 6.45) is 0.697. The van der Waals surface area contributed by atoms with Crippen LogP contribution < -0.4 is 4.74 Å². The number of benzene rings is 1. The van der Waals surface area contributed by atoms with Crippen molar-refractivity contribution in [3.63, 3.8) is 0 Å². The summed E-state index contributed by atoms with van der Waals surface area (Å²) in [5, 5.41) is 11.1. The van der Waals surface area contributed by atoms with Gasteiger partial charge in [-0.25, -0.2) is 0 Å². The molecule has 1 aromatic carbocycles. The van der Waals surface area contributed by atoms with E-state index in [9.17, 15) is 14.7 Å². The van der Waals surface area contributed by atoms with Crippen LogP contribution in [0.3, 0.4) is 0 Å². The topological polar surface area (TPSA) is 92.5 Å². The van der Waals surface area contributed by atoms with E-state index in [0.29, 0.717) is 49.0 Å². The fourth-order valence-corrected chi connectivity index (χ4v) is 4.22. The maximum absolute atomic E-state index is 13.0. The number of methoxy groups -OCH3 is 1. The number of hydrogen-bond acceptors (Lipinski definition) is 7. The Bertz CT molecular complexity index is 1020. The van der Waals surface area contributed by atoms with E-state index in [4.69, 9.17) is 13.9 Å². The Hall–Kier alpha value is -3.10. The standard InChI is InChI=1S/C24H28N2O6/c1-16-7-8-19(32-16)21-20(22(27)17-5-3-6-18(15-17)30-2)23(28)24(29)26(21)10-4-9-25-11-13-31-14-12-25/h3,5-8,15,21,27H,4,9-14H2,1-2H3/b22-20-. The van der Waals surface area contributed by atoms with Gasteiger partial charge in [0.25, 0.3) is 11.7 Å². The van der Waals surface area contributed by atoms with Crippen LogP contribution in [0.5, 0.6) is 5.75 Å². The Balaban J connectivity index is 1.65. The van der Waals surface area contributed by atoms with Gasteiger partial charge in [0.2, 0.25) is 0 Å². The number of morpholine rings is 1. The SMILES string of the molecule is COc1cccc(/C(O)=C2/C(=O)C(=O)N(CCCN3CCOCC3)C2c2ccc(C)o2)c1. The van der Waals surface area contributed by atoms with Crippen LogP contribution in [0.1, 0.15) is 29.5 Å². The number of hydrogen-bond donors (Lipinski definition) is 1. The van der Waals surface area contributed by atoms with Crippen LogP contribution in [-0.2, 0) is 14.3 Å². The molecule has 1 N–H and O–H groups in total. The number of nitrogens with zero attached hydrogens (tertiary/aromatic N) is 2. The molecule has 2 saturated heterocycles. The molecular weight excluding hydrogens is 412 g/mol. The van der Waals surface area contributed by atoms with Crippen molar-refractivity contribution in [2.75, 3.05) is 46.5 Å². The van der Waals surface area contributed by atoms with Gasteiger partial charge < -0.3 is 23.9 Å². The highest BCUT2D eigenvalue weighted by Crippen LogP contribution is 2.40. The lowest BCUT2D eigenvalue weighted by molar-refractivity contribution is -0.140. The monoisotopic (exact) mass is 440 g/mol. The number of amides is 1. The molecule has 8 heteroatoms. The van der Waals surface area contributed by atoms with Crippen molar-refractivity contribution in [1.29, 1.82) is 0 Å². The molecule has 0 radical (unpaired) electrons. The number of aliphatic hydroxyl groups excluding tert-OH is 1. The third kappa shape index (κ3) is 4.42. The van der Waals surface area contributed by atoms with Crippen LogP contribution in [-0.4, -0.2) is 73.1 Å². The number of aliphatic hydroxyl groups is 1. The summed E-state index contributed by atoms with van der Waals surface area (Å²) >= 11 is 0. The van der Waals surface area contributed by atoms with Gasteiger partial charge in [-0.3, -0.25) is 14.5 Å². The fourth-order valence-electron chi connectivity index (χ4n) is 4.22. The predicted molar refractivity (Wildman–Crippen MR) is 117 cm³/mol. The highest BCUT2D eigenvalue weighted by atomic mass is 16.5. The number of rotatable bonds is 7. The van der Waals surface area contributed by atoms with Crippen LogP contribution in [0.15, 0.2) is 46.4 Å². The molecular formula is C24H28N2O6. The number of ether oxygens (including phenoxy) is 2. The second kappa shape index (κ2) is 9.58. The van der Waals surface area contributed by atoms with Gasteiger partial charge in [0.1, 0.15) is 29.1 Å². The molecule has 2 fully saturated rings. The van der Waals surface area contributed by atoms with Crippen molar-refractivity contribution in [3.8, 4) is 5.75 Å². The molecule has 0 aliphatic carbocycles. The Kier molecular flexibility index (Phi) is 6.62. The summed E-state index contributed by atoms with van der Waals surface area (Å²) in [4.78, 5) is 29.8. The third-order valence-corrected chi connectivity index (χ3v) is 5.89. The maximum atomic E-state index is 13.0. The number of furan rings is 1. The average molecular weight is 440 g/mol. The summed E-state index contributed by atoms with van der Waals surface area (Å²) in [6.45, 7) is 6.10. The van der Waals surface area contributed by atoms with Gasteiger partial charge >= 0.3 is 0 Å². The number of ketones is 1. The minimum Gasteiger partial charge on any atom is -0.507 e. The second-order valence-corrected chi connectivity index (χ2v) is 7.98. The highest BCUT2D eigenvalue weighted by Gasteiger charge is 2.47. The zero-order chi connectivity index (χ0) is 22.7. The van der Waals surface area contributed by atoms with Crippen molar-refractivity contribution in [3.05, 3.63) is 59.1 Å². The quantitative estimate of drug-likeness (QED) is 0.402. The molecule has 8 nitrogen and oxygen atoms in total. The van der Waals surface area contributed by atoms with E-state index in [-0.39, 0.29) is 11.3 Å². The largest absolute Gasteiger partial charge is 0.507 e.